The van der Waals surface area contributed by atoms with Crippen LogP contribution in [0, 0.1) is 17.2 Å². The third-order valence-corrected chi connectivity index (χ3v) is 5.19. The summed E-state index contributed by atoms with van der Waals surface area (Å²) < 4.78 is 0. The minimum Gasteiger partial charge on any atom is -0.372 e. The number of nitrogens with zero attached hydrogens (tertiary/aromatic N) is 4. The summed E-state index contributed by atoms with van der Waals surface area (Å²) in [6.07, 6.45) is 4.22. The van der Waals surface area contributed by atoms with Gasteiger partial charge in [0.25, 0.3) is 0 Å². The number of hydrogen-bond donors (Lipinski definition) is 2. The molecule has 0 aliphatic carbocycles. The summed E-state index contributed by atoms with van der Waals surface area (Å²) in [6.45, 7) is 4.58. The van der Waals surface area contributed by atoms with Crippen LogP contribution in [0.1, 0.15) is 25.3 Å². The van der Waals surface area contributed by atoms with Gasteiger partial charge in [-0.2, -0.15) is 10.2 Å². The van der Waals surface area contributed by atoms with Crippen LogP contribution in [0.3, 0.4) is 0 Å². The molecular weight excluding hydrogens is 360 g/mol. The Balaban J connectivity index is 1.42. The second-order valence-corrected chi connectivity index (χ2v) is 7.42. The highest BCUT2D eigenvalue weighted by Crippen LogP contribution is 2.25. The monoisotopic (exact) mass is 384 g/mol. The maximum Gasteiger partial charge on any atom is 0.229 e. The Kier molecular flexibility index (Phi) is 5.57. The van der Waals surface area contributed by atoms with Crippen molar-refractivity contribution in [2.45, 2.75) is 19.8 Å². The minimum atomic E-state index is 0.476. The van der Waals surface area contributed by atoms with E-state index in [-0.39, 0.29) is 0 Å². The predicted molar refractivity (Wildman–Crippen MR) is 117 cm³/mol. The van der Waals surface area contributed by atoms with E-state index in [1.165, 1.54) is 18.5 Å². The summed E-state index contributed by atoms with van der Waals surface area (Å²) in [6, 6.07) is 19.7. The highest BCUT2D eigenvalue weighted by Gasteiger charge is 2.15. The van der Waals surface area contributed by atoms with Gasteiger partial charge in [0.15, 0.2) is 0 Å². The molecule has 4 rings (SSSR count). The molecule has 0 amide bonds. The zero-order chi connectivity index (χ0) is 20.1. The molecule has 3 aromatic rings. The smallest absolute Gasteiger partial charge is 0.229 e. The van der Waals surface area contributed by atoms with E-state index in [1.54, 1.807) is 18.3 Å². The molecule has 1 aliphatic heterocycles. The van der Waals surface area contributed by atoms with E-state index in [9.17, 15) is 0 Å². The number of hydrogen-bond acceptors (Lipinski definition) is 6. The van der Waals surface area contributed by atoms with E-state index in [0.29, 0.717) is 17.3 Å². The van der Waals surface area contributed by atoms with Crippen molar-refractivity contribution in [3.63, 3.8) is 0 Å². The van der Waals surface area contributed by atoms with Crippen molar-refractivity contribution in [1.82, 2.24) is 9.97 Å². The average molecular weight is 384 g/mol. The summed E-state index contributed by atoms with van der Waals surface area (Å²) in [5.41, 5.74) is 3.62. The van der Waals surface area contributed by atoms with Gasteiger partial charge >= 0.3 is 0 Å². The molecule has 6 heteroatoms. The molecular formula is C23H24N6. The second kappa shape index (κ2) is 8.61. The molecule has 0 saturated carbocycles. The van der Waals surface area contributed by atoms with Gasteiger partial charge in [-0.1, -0.05) is 13.0 Å². The normalized spacial score (nSPS) is 14.3. The van der Waals surface area contributed by atoms with E-state index in [1.807, 2.05) is 18.2 Å². The third kappa shape index (κ3) is 4.82. The molecule has 2 N–H and O–H groups in total. The summed E-state index contributed by atoms with van der Waals surface area (Å²) in [4.78, 5) is 11.2. The Labute approximate surface area is 171 Å². The fourth-order valence-corrected chi connectivity index (χ4v) is 3.45. The molecule has 2 heterocycles. The van der Waals surface area contributed by atoms with Gasteiger partial charge in [-0.25, -0.2) is 4.98 Å². The maximum absolute atomic E-state index is 9.03. The lowest BCUT2D eigenvalue weighted by Gasteiger charge is -2.32. The fraction of sp³-hybridized carbons (Fsp3) is 0.261. The van der Waals surface area contributed by atoms with Gasteiger partial charge in [0.2, 0.25) is 5.95 Å². The van der Waals surface area contributed by atoms with Crippen LogP contribution in [-0.2, 0) is 0 Å². The van der Waals surface area contributed by atoms with Gasteiger partial charge in [0, 0.05) is 36.3 Å². The number of aromatic nitrogens is 2. The molecule has 0 atom stereocenters. The molecule has 1 fully saturated rings. The highest BCUT2D eigenvalue weighted by molar-refractivity contribution is 5.63. The standard InChI is InChI=1S/C23H24N6/c1-17-10-13-29(14-11-17)21-7-5-19(6-8-21)26-22-9-12-25-23(28-22)27-20-4-2-3-18(15-20)16-24/h2-9,12,15,17H,10-11,13-14H2,1H3,(H2,25,26,27,28). The van der Waals surface area contributed by atoms with Crippen molar-refractivity contribution in [2.24, 2.45) is 5.92 Å². The van der Waals surface area contributed by atoms with Crippen molar-refractivity contribution >= 4 is 28.8 Å². The van der Waals surface area contributed by atoms with E-state index < -0.39 is 0 Å². The summed E-state index contributed by atoms with van der Waals surface area (Å²) in [5.74, 6) is 2.01. The lowest BCUT2D eigenvalue weighted by atomic mass is 9.99. The van der Waals surface area contributed by atoms with Crippen LogP contribution in [0.4, 0.5) is 28.8 Å². The number of benzene rings is 2. The van der Waals surface area contributed by atoms with E-state index in [2.05, 4.69) is 62.8 Å². The molecule has 0 spiro atoms. The average Bonchev–Trinajstić information content (AvgIpc) is 2.75. The first-order chi connectivity index (χ1) is 14.2. The van der Waals surface area contributed by atoms with Crippen LogP contribution < -0.4 is 15.5 Å². The van der Waals surface area contributed by atoms with Gasteiger partial charge in [0.05, 0.1) is 11.6 Å². The number of nitrogens with one attached hydrogen (secondary N) is 2. The maximum atomic E-state index is 9.03. The molecule has 1 aromatic heterocycles. The Morgan fingerprint density at radius 2 is 1.79 bits per heavy atom. The van der Waals surface area contributed by atoms with Crippen molar-refractivity contribution in [1.29, 1.82) is 5.26 Å². The Bertz CT molecular complexity index is 1000. The zero-order valence-corrected chi connectivity index (χ0v) is 16.5. The van der Waals surface area contributed by atoms with Gasteiger partial charge < -0.3 is 15.5 Å². The highest BCUT2D eigenvalue weighted by atomic mass is 15.1. The number of piperidine rings is 1. The fourth-order valence-electron chi connectivity index (χ4n) is 3.45. The van der Waals surface area contributed by atoms with Crippen molar-refractivity contribution < 1.29 is 0 Å². The molecule has 29 heavy (non-hydrogen) atoms. The van der Waals surface area contributed by atoms with Crippen LogP contribution in [0.25, 0.3) is 0 Å². The molecule has 2 aromatic carbocycles. The van der Waals surface area contributed by atoms with E-state index in [0.717, 1.165) is 30.4 Å². The lowest BCUT2D eigenvalue weighted by Crippen LogP contribution is -2.32. The summed E-state index contributed by atoms with van der Waals surface area (Å²) in [5, 5.41) is 15.5. The molecule has 1 saturated heterocycles. The van der Waals surface area contributed by atoms with E-state index >= 15 is 0 Å². The van der Waals surface area contributed by atoms with Crippen molar-refractivity contribution in [2.75, 3.05) is 28.6 Å². The van der Waals surface area contributed by atoms with Crippen LogP contribution >= 0.6 is 0 Å². The van der Waals surface area contributed by atoms with Gasteiger partial charge in [-0.3, -0.25) is 0 Å². The minimum absolute atomic E-state index is 0.476. The van der Waals surface area contributed by atoms with Crippen LogP contribution in [0.15, 0.2) is 60.8 Å². The largest absolute Gasteiger partial charge is 0.372 e. The molecule has 0 unspecified atom stereocenters. The number of rotatable bonds is 5. The Morgan fingerprint density at radius 1 is 1.00 bits per heavy atom. The lowest BCUT2D eigenvalue weighted by molar-refractivity contribution is 0.438. The first-order valence-electron chi connectivity index (χ1n) is 9.92. The molecule has 1 aliphatic rings. The summed E-state index contributed by atoms with van der Waals surface area (Å²) >= 11 is 0. The second-order valence-electron chi connectivity index (χ2n) is 7.42. The van der Waals surface area contributed by atoms with Gasteiger partial charge in [-0.15, -0.1) is 0 Å². The third-order valence-electron chi connectivity index (χ3n) is 5.19. The van der Waals surface area contributed by atoms with Crippen molar-refractivity contribution in [3.05, 3.63) is 66.4 Å². The SMILES string of the molecule is CC1CCN(c2ccc(Nc3ccnc(Nc4cccc(C#N)c4)n3)cc2)CC1. The Hall–Kier alpha value is -3.59. The first kappa shape index (κ1) is 18.8. The topological polar surface area (TPSA) is 76.9 Å². The molecule has 0 radical (unpaired) electrons. The van der Waals surface area contributed by atoms with Crippen molar-refractivity contribution in [3.8, 4) is 6.07 Å². The molecule has 146 valence electrons. The zero-order valence-electron chi connectivity index (χ0n) is 16.5. The molecule has 0 bridgehead atoms. The predicted octanol–water partition coefficient (Wildman–Crippen LogP) is 5.07. The van der Waals surface area contributed by atoms with E-state index in [4.69, 9.17) is 5.26 Å². The number of nitriles is 1. The Morgan fingerprint density at radius 3 is 2.55 bits per heavy atom. The van der Waals surface area contributed by atoms with Crippen LogP contribution in [0.5, 0.6) is 0 Å². The van der Waals surface area contributed by atoms with Crippen LogP contribution in [-0.4, -0.2) is 23.1 Å². The van der Waals surface area contributed by atoms with Crippen LogP contribution in [0.2, 0.25) is 0 Å². The summed E-state index contributed by atoms with van der Waals surface area (Å²) in [7, 11) is 0. The van der Waals surface area contributed by atoms with Gasteiger partial charge in [-0.05, 0) is 67.3 Å². The number of anilines is 5. The van der Waals surface area contributed by atoms with Gasteiger partial charge in [0.1, 0.15) is 5.82 Å². The quantitative estimate of drug-likeness (QED) is 0.639. The first-order valence-corrected chi connectivity index (χ1v) is 9.92. The molecule has 6 nitrogen and oxygen atoms in total.